The standard InChI is InChI=1S/C23H13F9O3/c24-20(25,26)11-21(27,28)35-22(29,23(30,31)32)19(33)34-10-15-7-6-14-5-4-12-2-1-3-13-8-9-16(15)18(14)17(12)13/h1-9H,10-11H2. The smallest absolute Gasteiger partial charge is 0.456 e. The summed E-state index contributed by atoms with van der Waals surface area (Å²) in [5.74, 6) is -8.80. The van der Waals surface area contributed by atoms with Crippen LogP contribution in [-0.2, 0) is 20.9 Å². The zero-order chi connectivity index (χ0) is 25.8. The molecule has 0 saturated carbocycles. The number of esters is 1. The lowest BCUT2D eigenvalue weighted by Gasteiger charge is -2.30. The van der Waals surface area contributed by atoms with Gasteiger partial charge >= 0.3 is 30.3 Å². The Balaban J connectivity index is 1.65. The maximum Gasteiger partial charge on any atom is 0.460 e. The van der Waals surface area contributed by atoms with Gasteiger partial charge in [-0.15, -0.1) is 0 Å². The third-order valence-corrected chi connectivity index (χ3v) is 5.30. The van der Waals surface area contributed by atoms with Crippen molar-refractivity contribution in [2.45, 2.75) is 37.3 Å². The highest BCUT2D eigenvalue weighted by Gasteiger charge is 2.69. The number of carbonyl (C=O) groups excluding carboxylic acids is 1. The summed E-state index contributed by atoms with van der Waals surface area (Å²) in [4.78, 5) is 11.9. The highest BCUT2D eigenvalue weighted by atomic mass is 19.4. The molecule has 0 bridgehead atoms. The van der Waals surface area contributed by atoms with E-state index >= 15 is 0 Å². The molecule has 186 valence electrons. The Labute approximate surface area is 190 Å². The number of hydrogen-bond acceptors (Lipinski definition) is 3. The lowest BCUT2D eigenvalue weighted by molar-refractivity contribution is -0.411. The van der Waals surface area contributed by atoms with E-state index in [1.165, 1.54) is 6.07 Å². The van der Waals surface area contributed by atoms with Crippen LogP contribution in [0.4, 0.5) is 39.5 Å². The predicted octanol–water partition coefficient (Wildman–Crippen LogP) is 7.42. The second-order valence-corrected chi connectivity index (χ2v) is 7.78. The van der Waals surface area contributed by atoms with Crippen LogP contribution in [0.3, 0.4) is 0 Å². The lowest BCUT2D eigenvalue weighted by Crippen LogP contribution is -2.55. The van der Waals surface area contributed by atoms with Gasteiger partial charge in [-0.25, -0.2) is 4.79 Å². The van der Waals surface area contributed by atoms with E-state index in [-0.39, 0.29) is 5.56 Å². The van der Waals surface area contributed by atoms with Crippen LogP contribution in [0.2, 0.25) is 0 Å². The molecule has 0 aromatic heterocycles. The number of carbonyl (C=O) groups is 1. The molecule has 0 aliphatic rings. The van der Waals surface area contributed by atoms with Crippen molar-refractivity contribution in [3.05, 3.63) is 60.2 Å². The van der Waals surface area contributed by atoms with E-state index in [9.17, 15) is 44.3 Å². The van der Waals surface area contributed by atoms with Crippen LogP contribution in [0, 0.1) is 0 Å². The zero-order valence-electron chi connectivity index (χ0n) is 17.2. The molecule has 12 heteroatoms. The molecule has 4 aromatic carbocycles. The Bertz CT molecular complexity index is 1380. The van der Waals surface area contributed by atoms with Gasteiger partial charge in [0.25, 0.3) is 0 Å². The molecular formula is C23H13F9O3. The summed E-state index contributed by atoms with van der Waals surface area (Å²) >= 11 is 0. The number of rotatable bonds is 6. The van der Waals surface area contributed by atoms with Gasteiger partial charge in [0, 0.05) is 0 Å². The van der Waals surface area contributed by atoms with Crippen molar-refractivity contribution in [3.8, 4) is 0 Å². The monoisotopic (exact) mass is 508 g/mol. The zero-order valence-corrected chi connectivity index (χ0v) is 17.2. The normalized spacial score (nSPS) is 15.1. The van der Waals surface area contributed by atoms with Crippen molar-refractivity contribution >= 4 is 38.3 Å². The fourth-order valence-corrected chi connectivity index (χ4v) is 3.85. The van der Waals surface area contributed by atoms with E-state index in [2.05, 4.69) is 9.47 Å². The highest BCUT2D eigenvalue weighted by Crippen LogP contribution is 2.44. The number of benzene rings is 4. The fraction of sp³-hybridized carbons (Fsp3) is 0.261. The van der Waals surface area contributed by atoms with Crippen LogP contribution >= 0.6 is 0 Å². The van der Waals surface area contributed by atoms with Crippen LogP contribution in [0.5, 0.6) is 0 Å². The minimum atomic E-state index is -6.46. The van der Waals surface area contributed by atoms with Gasteiger partial charge < -0.3 is 4.74 Å². The van der Waals surface area contributed by atoms with Gasteiger partial charge in [-0.1, -0.05) is 54.6 Å². The Morgan fingerprint density at radius 1 is 0.714 bits per heavy atom. The number of alkyl halides is 9. The SMILES string of the molecule is O=C(OCc1ccc2ccc3cccc4ccc1c2c34)C(F)(OC(F)(F)CC(F)(F)F)C(F)(F)F. The van der Waals surface area contributed by atoms with Gasteiger partial charge in [-0.2, -0.15) is 39.5 Å². The molecule has 0 amide bonds. The average Bonchev–Trinajstić information content (AvgIpc) is 2.73. The Kier molecular flexibility index (Phi) is 5.78. The second-order valence-electron chi connectivity index (χ2n) is 7.78. The molecule has 4 aromatic rings. The molecule has 0 aliphatic carbocycles. The molecule has 1 unspecified atom stereocenters. The molecule has 0 radical (unpaired) electrons. The summed E-state index contributed by atoms with van der Waals surface area (Å²) in [6.07, 6.45) is -21.1. The van der Waals surface area contributed by atoms with Crippen LogP contribution < -0.4 is 0 Å². The van der Waals surface area contributed by atoms with Crippen molar-refractivity contribution in [2.75, 3.05) is 0 Å². The van der Waals surface area contributed by atoms with Crippen LogP contribution in [-0.4, -0.2) is 30.3 Å². The average molecular weight is 508 g/mol. The van der Waals surface area contributed by atoms with Gasteiger partial charge in [-0.05, 0) is 37.9 Å². The third kappa shape index (κ3) is 4.66. The summed E-state index contributed by atoms with van der Waals surface area (Å²) < 4.78 is 125. The Hall–Kier alpha value is -3.28. The molecule has 0 saturated heterocycles. The van der Waals surface area contributed by atoms with Crippen LogP contribution in [0.15, 0.2) is 54.6 Å². The second kappa shape index (κ2) is 8.14. The number of hydrogen-bond donors (Lipinski definition) is 0. The summed E-state index contributed by atoms with van der Waals surface area (Å²) in [6, 6.07) is 15.3. The third-order valence-electron chi connectivity index (χ3n) is 5.30. The van der Waals surface area contributed by atoms with Crippen LogP contribution in [0.1, 0.15) is 12.0 Å². The molecular weight excluding hydrogens is 495 g/mol. The van der Waals surface area contributed by atoms with Gasteiger partial charge in [0.15, 0.2) is 0 Å². The van der Waals surface area contributed by atoms with E-state index in [1.54, 1.807) is 24.3 Å². The topological polar surface area (TPSA) is 35.5 Å². The molecule has 0 heterocycles. The molecule has 35 heavy (non-hydrogen) atoms. The quantitative estimate of drug-likeness (QED) is 0.155. The lowest BCUT2D eigenvalue weighted by atomic mass is 9.92. The maximum atomic E-state index is 14.4. The fourth-order valence-electron chi connectivity index (χ4n) is 3.85. The largest absolute Gasteiger partial charge is 0.460 e. The molecule has 0 spiro atoms. The predicted molar refractivity (Wildman–Crippen MR) is 107 cm³/mol. The highest BCUT2D eigenvalue weighted by molar-refractivity contribution is 6.23. The first-order valence-corrected chi connectivity index (χ1v) is 9.84. The Morgan fingerprint density at radius 3 is 1.83 bits per heavy atom. The maximum absolute atomic E-state index is 14.4. The van der Waals surface area contributed by atoms with Crippen molar-refractivity contribution in [1.82, 2.24) is 0 Å². The Morgan fingerprint density at radius 2 is 1.26 bits per heavy atom. The van der Waals surface area contributed by atoms with E-state index in [4.69, 9.17) is 0 Å². The summed E-state index contributed by atoms with van der Waals surface area (Å²) in [5, 5.41) is 4.33. The van der Waals surface area contributed by atoms with Crippen LogP contribution in [0.25, 0.3) is 32.3 Å². The molecule has 4 rings (SSSR count). The minimum Gasteiger partial charge on any atom is -0.456 e. The van der Waals surface area contributed by atoms with Crippen molar-refractivity contribution in [2.24, 2.45) is 0 Å². The van der Waals surface area contributed by atoms with E-state index < -0.39 is 43.3 Å². The van der Waals surface area contributed by atoms with E-state index in [0.29, 0.717) is 10.8 Å². The minimum absolute atomic E-state index is 0.107. The first-order valence-electron chi connectivity index (χ1n) is 9.84. The first kappa shape index (κ1) is 24.8. The van der Waals surface area contributed by atoms with Crippen molar-refractivity contribution in [3.63, 3.8) is 0 Å². The first-order chi connectivity index (χ1) is 16.1. The van der Waals surface area contributed by atoms with Crippen molar-refractivity contribution in [1.29, 1.82) is 0 Å². The molecule has 0 fully saturated rings. The van der Waals surface area contributed by atoms with Gasteiger partial charge in [0.1, 0.15) is 13.0 Å². The molecule has 1 atom stereocenters. The van der Waals surface area contributed by atoms with E-state index in [1.807, 2.05) is 24.3 Å². The molecule has 0 N–H and O–H groups in total. The van der Waals surface area contributed by atoms with Gasteiger partial charge in [0.2, 0.25) is 0 Å². The van der Waals surface area contributed by atoms with Gasteiger partial charge in [0.05, 0.1) is 0 Å². The summed E-state index contributed by atoms with van der Waals surface area (Å²) in [6.45, 7) is -0.997. The summed E-state index contributed by atoms with van der Waals surface area (Å²) in [7, 11) is 0. The van der Waals surface area contributed by atoms with Crippen molar-refractivity contribution < 1.29 is 53.8 Å². The van der Waals surface area contributed by atoms with E-state index in [0.717, 1.165) is 21.5 Å². The molecule has 3 nitrogen and oxygen atoms in total. The summed E-state index contributed by atoms with van der Waals surface area (Å²) in [5.41, 5.74) is 0.107. The number of ether oxygens (including phenoxy) is 2. The van der Waals surface area contributed by atoms with Gasteiger partial charge in [-0.3, -0.25) is 4.74 Å². The number of halogens is 9. The molecule has 0 aliphatic heterocycles.